The summed E-state index contributed by atoms with van der Waals surface area (Å²) < 4.78 is 0. The largest absolute Gasteiger partial charge is 0.310 e. The number of hydrogen-bond acceptors (Lipinski definition) is 1. The highest BCUT2D eigenvalue weighted by atomic mass is 15.1. The van der Waals surface area contributed by atoms with Crippen LogP contribution < -0.4 is 4.90 Å². The minimum absolute atomic E-state index is 0.0285. The van der Waals surface area contributed by atoms with Crippen LogP contribution in [0.2, 0.25) is 0 Å². The van der Waals surface area contributed by atoms with Crippen molar-refractivity contribution in [3.8, 4) is 66.8 Å². The first-order valence-electron chi connectivity index (χ1n) is 31.2. The van der Waals surface area contributed by atoms with Gasteiger partial charge in [-0.25, -0.2) is 0 Å². The smallest absolute Gasteiger partial charge is 0.0726 e. The molecule has 4 fully saturated rings. The van der Waals surface area contributed by atoms with Crippen LogP contribution in [-0.4, -0.2) is 0 Å². The van der Waals surface area contributed by atoms with E-state index in [1.807, 2.05) is 0 Å². The molecule has 0 radical (unpaired) electrons. The van der Waals surface area contributed by atoms with E-state index in [0.29, 0.717) is 11.8 Å². The van der Waals surface area contributed by atoms with Crippen molar-refractivity contribution in [2.75, 3.05) is 4.90 Å². The molecule has 0 heterocycles. The lowest BCUT2D eigenvalue weighted by molar-refractivity contribution is -0.0399. The molecule has 8 aliphatic carbocycles. The normalized spacial score (nSPS) is 21.7. The minimum atomic E-state index is -0.522. The third-order valence-corrected chi connectivity index (χ3v) is 22.2. The third-order valence-electron chi connectivity index (χ3n) is 22.2. The molecular formula is C82H73N. The van der Waals surface area contributed by atoms with Crippen LogP contribution in [0.25, 0.3) is 66.8 Å². The summed E-state index contributed by atoms with van der Waals surface area (Å²) in [5, 5.41) is 0. The van der Waals surface area contributed by atoms with Gasteiger partial charge in [0.25, 0.3) is 0 Å². The summed E-state index contributed by atoms with van der Waals surface area (Å²) in [6, 6.07) is 83.8. The van der Waals surface area contributed by atoms with Crippen LogP contribution in [0.15, 0.2) is 212 Å². The van der Waals surface area contributed by atoms with Crippen molar-refractivity contribution in [1.29, 1.82) is 0 Å². The zero-order chi connectivity index (χ0) is 56.1. The van der Waals surface area contributed by atoms with Gasteiger partial charge in [-0.1, -0.05) is 231 Å². The lowest BCUT2D eigenvalue weighted by Gasteiger charge is -2.61. The molecule has 1 nitrogen and oxygen atoms in total. The van der Waals surface area contributed by atoms with Gasteiger partial charge in [-0.3, -0.25) is 0 Å². The zero-order valence-corrected chi connectivity index (χ0v) is 49.5. The fourth-order valence-electron chi connectivity index (χ4n) is 18.8. The van der Waals surface area contributed by atoms with Crippen LogP contribution in [0.5, 0.6) is 0 Å². The summed E-state index contributed by atoms with van der Waals surface area (Å²) in [6.07, 6.45) is 6.88. The lowest BCUT2D eigenvalue weighted by atomic mass is 9.43. The van der Waals surface area contributed by atoms with Crippen LogP contribution in [0.1, 0.15) is 143 Å². The Kier molecular flexibility index (Phi) is 10.2. The highest BCUT2D eigenvalue weighted by Gasteiger charge is 2.62. The zero-order valence-electron chi connectivity index (χ0n) is 49.5. The molecule has 0 atom stereocenters. The van der Waals surface area contributed by atoms with E-state index in [-0.39, 0.29) is 21.7 Å². The fourth-order valence-corrected chi connectivity index (χ4v) is 18.8. The summed E-state index contributed by atoms with van der Waals surface area (Å²) in [4.78, 5) is 2.64. The Morgan fingerprint density at radius 1 is 0.325 bits per heavy atom. The second-order valence-electron chi connectivity index (χ2n) is 28.8. The number of anilines is 3. The topological polar surface area (TPSA) is 3.24 Å². The third kappa shape index (κ3) is 6.66. The van der Waals surface area contributed by atoms with Crippen LogP contribution >= 0.6 is 0 Å². The number of benzene rings is 10. The van der Waals surface area contributed by atoms with Gasteiger partial charge in [0.05, 0.1) is 5.41 Å². The Hall–Kier alpha value is -8.00. The first-order chi connectivity index (χ1) is 40.1. The molecule has 8 aliphatic rings. The Morgan fingerprint density at radius 3 is 1.29 bits per heavy atom. The Morgan fingerprint density at radius 2 is 0.723 bits per heavy atom. The molecule has 18 rings (SSSR count). The molecule has 406 valence electrons. The summed E-state index contributed by atoms with van der Waals surface area (Å²) in [5.41, 5.74) is 33.3. The number of hydrogen-bond donors (Lipinski definition) is 0. The number of rotatable bonds is 5. The van der Waals surface area contributed by atoms with E-state index in [1.165, 1.54) is 160 Å². The SMILES string of the molecule is CC(C)(C)c1ccc2c(c1)C1(c3ccccc3-c3ccc(N(c4ccc(-c5ccccc5-c5cccc6c5C(C)(C)c5ccccc5-6)cc4)c4ccc5c(c4)C4(c6ccccc6-5)C5CC6CC(C5)CC4C6)cc31)c1cc(C(C)(C)C)ccc1-2. The summed E-state index contributed by atoms with van der Waals surface area (Å²) >= 11 is 0. The molecular weight excluding hydrogens is 999 g/mol. The molecule has 83 heavy (non-hydrogen) atoms. The van der Waals surface area contributed by atoms with Gasteiger partial charge in [-0.2, -0.15) is 0 Å². The van der Waals surface area contributed by atoms with Gasteiger partial charge in [0, 0.05) is 27.9 Å². The molecule has 0 aromatic heterocycles. The van der Waals surface area contributed by atoms with Gasteiger partial charge < -0.3 is 4.90 Å². The molecule has 0 amide bonds. The van der Waals surface area contributed by atoms with Gasteiger partial charge in [-0.15, -0.1) is 0 Å². The van der Waals surface area contributed by atoms with Gasteiger partial charge in [0.15, 0.2) is 0 Å². The van der Waals surface area contributed by atoms with Crippen molar-refractivity contribution >= 4 is 17.1 Å². The van der Waals surface area contributed by atoms with E-state index in [0.717, 1.165) is 11.8 Å². The van der Waals surface area contributed by atoms with Crippen LogP contribution in [0, 0.1) is 23.7 Å². The van der Waals surface area contributed by atoms with E-state index < -0.39 is 5.41 Å². The predicted molar refractivity (Wildman–Crippen MR) is 347 cm³/mol. The molecule has 10 aromatic rings. The lowest BCUT2D eigenvalue weighted by Crippen LogP contribution is -2.55. The first kappa shape index (κ1) is 49.6. The average Bonchev–Trinajstić information content (AvgIpc) is 1.74. The second-order valence-corrected chi connectivity index (χ2v) is 28.8. The average molecular weight is 1070 g/mol. The Labute approximate surface area is 492 Å². The molecule has 10 aromatic carbocycles. The summed E-state index contributed by atoms with van der Waals surface area (Å²) in [5.74, 6) is 3.10. The van der Waals surface area contributed by atoms with Crippen molar-refractivity contribution in [1.82, 2.24) is 0 Å². The van der Waals surface area contributed by atoms with Crippen LogP contribution in [0.3, 0.4) is 0 Å². The van der Waals surface area contributed by atoms with Gasteiger partial charge >= 0.3 is 0 Å². The minimum Gasteiger partial charge on any atom is -0.310 e. The second kappa shape index (κ2) is 17.1. The molecule has 0 aliphatic heterocycles. The van der Waals surface area contributed by atoms with E-state index in [1.54, 1.807) is 11.1 Å². The number of nitrogens with zero attached hydrogens (tertiary/aromatic N) is 1. The molecule has 4 saturated carbocycles. The van der Waals surface area contributed by atoms with Crippen molar-refractivity contribution in [3.63, 3.8) is 0 Å². The van der Waals surface area contributed by atoms with E-state index in [2.05, 4.69) is 273 Å². The molecule has 2 spiro atoms. The van der Waals surface area contributed by atoms with Gasteiger partial charge in [0.1, 0.15) is 0 Å². The number of fused-ring (bicyclic) bond motifs is 16. The maximum absolute atomic E-state index is 2.69. The van der Waals surface area contributed by atoms with E-state index in [4.69, 9.17) is 0 Å². The molecule has 1 heteroatoms. The molecule has 0 unspecified atom stereocenters. The van der Waals surface area contributed by atoms with Crippen molar-refractivity contribution in [2.24, 2.45) is 23.7 Å². The predicted octanol–water partition coefficient (Wildman–Crippen LogP) is 21.5. The molecule has 0 N–H and O–H groups in total. The van der Waals surface area contributed by atoms with Crippen LogP contribution in [0.4, 0.5) is 17.1 Å². The van der Waals surface area contributed by atoms with Crippen molar-refractivity contribution in [3.05, 3.63) is 268 Å². The maximum Gasteiger partial charge on any atom is 0.0726 e. The van der Waals surface area contributed by atoms with Crippen molar-refractivity contribution < 1.29 is 0 Å². The monoisotopic (exact) mass is 1070 g/mol. The summed E-state index contributed by atoms with van der Waals surface area (Å²) in [6.45, 7) is 19.0. The molecule has 0 saturated heterocycles. The summed E-state index contributed by atoms with van der Waals surface area (Å²) in [7, 11) is 0. The van der Waals surface area contributed by atoms with Gasteiger partial charge in [-0.05, 0) is 225 Å². The Balaban J connectivity index is 0.883. The highest BCUT2D eigenvalue weighted by Crippen LogP contribution is 2.70. The standard InChI is InChI=1S/C82H73N/c1-78(2,3)52-30-36-64-65-37-31-53(79(4,5)6)46-74(65)82(73(64)45-52)72-27-16-13-21-62(72)67-39-35-58(48-76(67)82)83(57-34-38-66-61-20-12-15-26-71(61)81(75(66)47-57)54-41-49-40-50(43-54)44-55(81)42-49)56-32-28-51(29-33-56)59-18-9-10-19-60(59)68-23-17-24-69-63-22-11-14-25-70(63)80(7,8)77(68)69/h9-39,45-50,54-55H,40-44H2,1-8H3. The first-order valence-corrected chi connectivity index (χ1v) is 31.2. The van der Waals surface area contributed by atoms with E-state index >= 15 is 0 Å². The Bertz CT molecular complexity index is 4300. The highest BCUT2D eigenvalue weighted by molar-refractivity contribution is 5.98. The van der Waals surface area contributed by atoms with Gasteiger partial charge in [0.2, 0.25) is 0 Å². The fraction of sp³-hybridized carbons (Fsp3) is 0.268. The van der Waals surface area contributed by atoms with E-state index in [9.17, 15) is 0 Å². The quantitative estimate of drug-likeness (QED) is 0.166. The molecule has 4 bridgehead atoms. The van der Waals surface area contributed by atoms with Crippen LogP contribution in [-0.2, 0) is 27.1 Å². The van der Waals surface area contributed by atoms with Crippen molar-refractivity contribution in [2.45, 2.75) is 115 Å². The maximum atomic E-state index is 2.69.